The summed E-state index contributed by atoms with van der Waals surface area (Å²) in [5, 5.41) is 3.24. The summed E-state index contributed by atoms with van der Waals surface area (Å²) in [6.45, 7) is 6.66. The molecule has 0 aromatic heterocycles. The van der Waals surface area contributed by atoms with E-state index in [1.165, 1.54) is 12.1 Å². The van der Waals surface area contributed by atoms with Gasteiger partial charge in [-0.2, -0.15) is 0 Å². The van der Waals surface area contributed by atoms with Crippen LogP contribution in [0.2, 0.25) is 0 Å². The van der Waals surface area contributed by atoms with Gasteiger partial charge in [0.25, 0.3) is 0 Å². The molecule has 3 heteroatoms. The van der Waals surface area contributed by atoms with Crippen molar-refractivity contribution in [3.8, 4) is 0 Å². The summed E-state index contributed by atoms with van der Waals surface area (Å²) in [5.41, 5.74) is 2.13. The lowest BCUT2D eigenvalue weighted by molar-refractivity contribution is 0.627. The Morgan fingerprint density at radius 3 is 2.86 bits per heavy atom. The molecule has 0 bridgehead atoms. The van der Waals surface area contributed by atoms with Gasteiger partial charge in [-0.15, -0.1) is 6.58 Å². The largest absolute Gasteiger partial charge is 0.384 e. The number of hydrogen-bond donors (Lipinski definition) is 1. The van der Waals surface area contributed by atoms with Crippen LogP contribution in [0.15, 0.2) is 30.4 Å². The molecule has 0 unspecified atom stereocenters. The minimum Gasteiger partial charge on any atom is -0.384 e. The van der Waals surface area contributed by atoms with Gasteiger partial charge >= 0.3 is 0 Å². The van der Waals surface area contributed by atoms with Crippen molar-refractivity contribution in [1.82, 2.24) is 0 Å². The molecule has 0 radical (unpaired) electrons. The number of nitrogens with one attached hydrogen (secondary N) is 1. The lowest BCUT2D eigenvalue weighted by Gasteiger charge is -2.08. The molecule has 1 aromatic rings. The van der Waals surface area contributed by atoms with Gasteiger partial charge in [-0.25, -0.2) is 4.39 Å². The van der Waals surface area contributed by atoms with Crippen LogP contribution in [0, 0.1) is 9.39 Å². The monoisotopic (exact) mass is 305 g/mol. The zero-order valence-corrected chi connectivity index (χ0v) is 10.3. The van der Waals surface area contributed by atoms with Crippen molar-refractivity contribution in [3.05, 3.63) is 39.7 Å². The summed E-state index contributed by atoms with van der Waals surface area (Å²) in [5.74, 6) is -0.195. The molecule has 76 valence electrons. The van der Waals surface area contributed by atoms with Crippen LogP contribution < -0.4 is 5.32 Å². The topological polar surface area (TPSA) is 12.0 Å². The standard InChI is InChI=1S/C11H13FIN/c1-8(2)5-6-14-11-4-3-9(12)7-10(11)13/h3-4,7,14H,1,5-6H2,2H3. The Balaban J connectivity index is 2.55. The average Bonchev–Trinajstić information content (AvgIpc) is 2.08. The first kappa shape index (κ1) is 11.5. The van der Waals surface area contributed by atoms with Crippen molar-refractivity contribution in [2.75, 3.05) is 11.9 Å². The van der Waals surface area contributed by atoms with E-state index in [-0.39, 0.29) is 5.82 Å². The fourth-order valence-corrected chi connectivity index (χ4v) is 1.71. The highest BCUT2D eigenvalue weighted by molar-refractivity contribution is 14.1. The molecule has 14 heavy (non-hydrogen) atoms. The van der Waals surface area contributed by atoms with Gasteiger partial charge in [-0.05, 0) is 54.1 Å². The average molecular weight is 305 g/mol. The van der Waals surface area contributed by atoms with E-state index in [0.717, 1.165) is 27.8 Å². The fourth-order valence-electron chi connectivity index (χ4n) is 1.04. The minimum atomic E-state index is -0.195. The van der Waals surface area contributed by atoms with Gasteiger partial charge in [0.15, 0.2) is 0 Å². The molecular weight excluding hydrogens is 292 g/mol. The third-order valence-electron chi connectivity index (χ3n) is 1.80. The maximum absolute atomic E-state index is 12.8. The molecule has 0 aliphatic heterocycles. The molecular formula is C11H13FIN. The molecule has 0 atom stereocenters. The number of hydrogen-bond acceptors (Lipinski definition) is 1. The van der Waals surface area contributed by atoms with Crippen molar-refractivity contribution in [2.45, 2.75) is 13.3 Å². The summed E-state index contributed by atoms with van der Waals surface area (Å²) in [6, 6.07) is 4.74. The van der Waals surface area contributed by atoms with Crippen LogP contribution in [0.4, 0.5) is 10.1 Å². The quantitative estimate of drug-likeness (QED) is 0.659. The van der Waals surface area contributed by atoms with Gasteiger partial charge in [-0.3, -0.25) is 0 Å². The van der Waals surface area contributed by atoms with E-state index in [1.807, 2.05) is 6.92 Å². The molecule has 0 saturated heterocycles. The second-order valence-electron chi connectivity index (χ2n) is 3.26. The van der Waals surface area contributed by atoms with Crippen LogP contribution in [0.3, 0.4) is 0 Å². The van der Waals surface area contributed by atoms with E-state index in [9.17, 15) is 4.39 Å². The SMILES string of the molecule is C=C(C)CCNc1ccc(F)cc1I. The van der Waals surface area contributed by atoms with Crippen molar-refractivity contribution in [3.63, 3.8) is 0 Å². The van der Waals surface area contributed by atoms with E-state index in [4.69, 9.17) is 0 Å². The third-order valence-corrected chi connectivity index (χ3v) is 2.69. The maximum Gasteiger partial charge on any atom is 0.124 e. The summed E-state index contributed by atoms with van der Waals surface area (Å²) >= 11 is 2.12. The zero-order valence-electron chi connectivity index (χ0n) is 8.11. The molecule has 1 aromatic carbocycles. The molecule has 0 amide bonds. The van der Waals surface area contributed by atoms with Gasteiger partial charge in [0.2, 0.25) is 0 Å². The van der Waals surface area contributed by atoms with Gasteiger partial charge in [0.1, 0.15) is 5.82 Å². The first-order chi connectivity index (χ1) is 6.59. The second kappa shape index (κ2) is 5.34. The molecule has 0 fully saturated rings. The Morgan fingerprint density at radius 2 is 2.29 bits per heavy atom. The normalized spacial score (nSPS) is 9.93. The first-order valence-electron chi connectivity index (χ1n) is 4.43. The predicted molar refractivity (Wildman–Crippen MR) is 67.0 cm³/mol. The van der Waals surface area contributed by atoms with Crippen molar-refractivity contribution in [2.24, 2.45) is 0 Å². The molecule has 0 aliphatic carbocycles. The zero-order chi connectivity index (χ0) is 10.6. The van der Waals surface area contributed by atoms with E-state index < -0.39 is 0 Å². The highest BCUT2D eigenvalue weighted by Crippen LogP contribution is 2.18. The highest BCUT2D eigenvalue weighted by atomic mass is 127. The van der Waals surface area contributed by atoms with Crippen LogP contribution in [0.25, 0.3) is 0 Å². The van der Waals surface area contributed by atoms with Crippen LogP contribution in [0.1, 0.15) is 13.3 Å². The van der Waals surface area contributed by atoms with Crippen molar-refractivity contribution >= 4 is 28.3 Å². The smallest absolute Gasteiger partial charge is 0.124 e. The second-order valence-corrected chi connectivity index (χ2v) is 4.42. The Bertz CT molecular complexity index is 336. The van der Waals surface area contributed by atoms with Crippen LogP contribution >= 0.6 is 22.6 Å². The first-order valence-corrected chi connectivity index (χ1v) is 5.51. The van der Waals surface area contributed by atoms with Gasteiger partial charge in [0, 0.05) is 15.8 Å². The molecule has 1 rings (SSSR count). The number of anilines is 1. The lowest BCUT2D eigenvalue weighted by Crippen LogP contribution is -2.03. The molecule has 1 nitrogen and oxygen atoms in total. The molecule has 0 heterocycles. The summed E-state index contributed by atoms with van der Waals surface area (Å²) < 4.78 is 13.7. The van der Waals surface area contributed by atoms with E-state index in [1.54, 1.807) is 6.07 Å². The van der Waals surface area contributed by atoms with Gasteiger partial charge in [0.05, 0.1) is 0 Å². The number of rotatable bonds is 4. The number of halogens is 2. The highest BCUT2D eigenvalue weighted by Gasteiger charge is 1.99. The predicted octanol–water partition coefficient (Wildman–Crippen LogP) is 3.81. The minimum absolute atomic E-state index is 0.195. The molecule has 0 spiro atoms. The molecule has 1 N–H and O–H groups in total. The van der Waals surface area contributed by atoms with Crippen molar-refractivity contribution < 1.29 is 4.39 Å². The van der Waals surface area contributed by atoms with Crippen LogP contribution in [-0.2, 0) is 0 Å². The number of benzene rings is 1. The Kier molecular flexibility index (Phi) is 4.38. The van der Waals surface area contributed by atoms with Crippen LogP contribution in [-0.4, -0.2) is 6.54 Å². The maximum atomic E-state index is 12.8. The van der Waals surface area contributed by atoms with E-state index in [2.05, 4.69) is 34.5 Å². The third kappa shape index (κ3) is 3.65. The summed E-state index contributed by atoms with van der Waals surface area (Å²) in [4.78, 5) is 0. The van der Waals surface area contributed by atoms with E-state index >= 15 is 0 Å². The van der Waals surface area contributed by atoms with Gasteiger partial charge in [-0.1, -0.05) is 5.57 Å². The molecule has 0 aliphatic rings. The lowest BCUT2D eigenvalue weighted by atomic mass is 10.2. The summed E-state index contributed by atoms with van der Waals surface area (Å²) in [7, 11) is 0. The van der Waals surface area contributed by atoms with Crippen LogP contribution in [0.5, 0.6) is 0 Å². The Hall–Kier alpha value is -0.580. The van der Waals surface area contributed by atoms with Gasteiger partial charge < -0.3 is 5.32 Å². The molecule has 0 saturated carbocycles. The Labute approximate surface area is 97.5 Å². The summed E-state index contributed by atoms with van der Waals surface area (Å²) in [6.07, 6.45) is 0.938. The van der Waals surface area contributed by atoms with E-state index in [0.29, 0.717) is 0 Å². The Morgan fingerprint density at radius 1 is 1.57 bits per heavy atom. The fraction of sp³-hybridized carbons (Fsp3) is 0.273. The van der Waals surface area contributed by atoms with Crippen molar-refractivity contribution in [1.29, 1.82) is 0 Å².